The largest absolute Gasteiger partial charge is 0.490 e. The molecular formula is C66H62O5S6. The van der Waals surface area contributed by atoms with Crippen LogP contribution in [-0.4, -0.2) is 37.6 Å². The van der Waals surface area contributed by atoms with Gasteiger partial charge in [0, 0.05) is 59.8 Å². The van der Waals surface area contributed by atoms with Gasteiger partial charge in [0.15, 0.2) is 0 Å². The molecule has 0 saturated heterocycles. The van der Waals surface area contributed by atoms with Crippen molar-refractivity contribution in [2.24, 2.45) is 0 Å². The summed E-state index contributed by atoms with van der Waals surface area (Å²) in [5, 5.41) is 0. The Morgan fingerprint density at radius 3 is 1.05 bits per heavy atom. The first kappa shape index (κ1) is 57.3. The molecule has 2 unspecified atom stereocenters. The molecular weight excluding hydrogens is 1070 g/mol. The summed E-state index contributed by atoms with van der Waals surface area (Å²) in [6.45, 7) is 12.1. The summed E-state index contributed by atoms with van der Waals surface area (Å²) in [5.41, 5.74) is 3.11. The third-order valence-electron chi connectivity index (χ3n) is 12.4. The first-order valence-corrected chi connectivity index (χ1v) is 30.3. The molecule has 11 heteroatoms. The van der Waals surface area contributed by atoms with Gasteiger partial charge in [-0.15, -0.1) is 0 Å². The predicted molar refractivity (Wildman–Crippen MR) is 327 cm³/mol. The van der Waals surface area contributed by atoms with Gasteiger partial charge >= 0.3 is 11.9 Å². The van der Waals surface area contributed by atoms with Crippen LogP contribution in [0.15, 0.2) is 285 Å². The number of carbonyl (C=O) groups is 2. The van der Waals surface area contributed by atoms with Gasteiger partial charge in [0.25, 0.3) is 0 Å². The van der Waals surface area contributed by atoms with Gasteiger partial charge in [-0.1, -0.05) is 243 Å². The number of ether oxygens (including phenoxy) is 3. The van der Waals surface area contributed by atoms with Crippen molar-refractivity contribution in [1.29, 1.82) is 0 Å². The number of hydrogen-bond donors (Lipinski definition) is 0. The minimum Gasteiger partial charge on any atom is -0.490 e. The van der Waals surface area contributed by atoms with Crippen LogP contribution in [0.1, 0.15) is 49.8 Å². The Morgan fingerprint density at radius 2 is 0.727 bits per heavy atom. The lowest BCUT2D eigenvalue weighted by atomic mass is 9.78. The van der Waals surface area contributed by atoms with Crippen LogP contribution in [0.25, 0.3) is 0 Å². The van der Waals surface area contributed by atoms with E-state index < -0.39 is 31.0 Å². The highest BCUT2D eigenvalue weighted by Crippen LogP contribution is 2.60. The molecule has 77 heavy (non-hydrogen) atoms. The first-order valence-electron chi connectivity index (χ1n) is 25.4. The zero-order valence-electron chi connectivity index (χ0n) is 43.2. The second kappa shape index (κ2) is 28.6. The fraction of sp³-hybridized carbons (Fsp3) is 0.182. The van der Waals surface area contributed by atoms with Gasteiger partial charge in [-0.05, 0) is 114 Å². The van der Waals surface area contributed by atoms with Crippen molar-refractivity contribution in [3.63, 3.8) is 0 Å². The highest BCUT2D eigenvalue weighted by Gasteiger charge is 2.40. The van der Waals surface area contributed by atoms with E-state index in [4.69, 9.17) is 14.2 Å². The van der Waals surface area contributed by atoms with E-state index in [0.717, 1.165) is 46.1 Å². The van der Waals surface area contributed by atoms with Crippen LogP contribution in [0.4, 0.5) is 0 Å². The van der Waals surface area contributed by atoms with Gasteiger partial charge < -0.3 is 14.2 Å². The van der Waals surface area contributed by atoms with Crippen molar-refractivity contribution < 1.29 is 23.8 Å². The lowest BCUT2D eigenvalue weighted by Gasteiger charge is -2.35. The minimum atomic E-state index is -0.611. The minimum absolute atomic E-state index is 0.143. The highest BCUT2D eigenvalue weighted by molar-refractivity contribution is 8.34. The van der Waals surface area contributed by atoms with E-state index in [1.165, 1.54) is 12.2 Å². The third kappa shape index (κ3) is 17.5. The van der Waals surface area contributed by atoms with Crippen LogP contribution in [-0.2, 0) is 30.9 Å². The molecule has 0 aromatic heterocycles. The summed E-state index contributed by atoms with van der Waals surface area (Å²) in [5.74, 6) is -0.251. The maximum Gasteiger partial charge on any atom is 0.330 e. The van der Waals surface area contributed by atoms with Crippen LogP contribution in [0.3, 0.4) is 0 Å². The van der Waals surface area contributed by atoms with Crippen LogP contribution < -0.4 is 4.74 Å². The van der Waals surface area contributed by atoms with Crippen LogP contribution in [0, 0.1) is 0 Å². The molecule has 392 valence electrons. The quantitative estimate of drug-likeness (QED) is 0.0204. The Bertz CT molecular complexity index is 2660. The predicted octanol–water partition coefficient (Wildman–Crippen LogP) is 18.4. The maximum atomic E-state index is 13.0. The number of rotatable bonds is 28. The fourth-order valence-electron chi connectivity index (χ4n) is 8.44. The van der Waals surface area contributed by atoms with E-state index in [1.807, 2.05) is 84.9 Å². The monoisotopic (exact) mass is 1130 g/mol. The molecule has 8 aromatic rings. The molecule has 0 radical (unpaired) electrons. The topological polar surface area (TPSA) is 61.8 Å². The normalized spacial score (nSPS) is 12.4. The van der Waals surface area contributed by atoms with E-state index in [-0.39, 0.29) is 12.0 Å². The van der Waals surface area contributed by atoms with Crippen molar-refractivity contribution in [2.45, 2.75) is 93.3 Å². The SMILES string of the molecule is C=CC(=O)OC(CCc1ccc(C(C)(C)c2ccc(OCC(CC(Sc3ccccc3)(Sc3ccccc3)Sc3ccccc3)OC(=O)C=C)cc2)cc1)CC(Sc1ccccc1)(Sc1ccccc1)Sc1ccccc1. The number of hydrogen-bond acceptors (Lipinski definition) is 11. The molecule has 0 saturated carbocycles. The number of esters is 2. The van der Waals surface area contributed by atoms with E-state index in [9.17, 15) is 9.59 Å². The van der Waals surface area contributed by atoms with Crippen molar-refractivity contribution >= 4 is 82.5 Å². The average Bonchev–Trinajstić information content (AvgIpc) is 3.46. The number of carbonyl (C=O) groups excluding carboxylic acids is 2. The van der Waals surface area contributed by atoms with Crippen LogP contribution >= 0.6 is 70.6 Å². The summed E-state index contributed by atoms with van der Waals surface area (Å²) in [7, 11) is 0. The Morgan fingerprint density at radius 1 is 0.429 bits per heavy atom. The second-order valence-corrected chi connectivity index (χ2v) is 28.3. The van der Waals surface area contributed by atoms with E-state index in [0.29, 0.717) is 31.4 Å². The van der Waals surface area contributed by atoms with Gasteiger partial charge in [-0.3, -0.25) is 0 Å². The summed E-state index contributed by atoms with van der Waals surface area (Å²) < 4.78 is 17.8. The highest BCUT2D eigenvalue weighted by atomic mass is 32.3. The number of aryl methyl sites for hydroxylation is 1. The zero-order chi connectivity index (χ0) is 53.8. The molecule has 0 fully saturated rings. The van der Waals surface area contributed by atoms with Gasteiger partial charge in [-0.2, -0.15) is 0 Å². The Balaban J connectivity index is 0.974. The van der Waals surface area contributed by atoms with E-state index >= 15 is 0 Å². The summed E-state index contributed by atoms with van der Waals surface area (Å²) >= 11 is 10.7. The summed E-state index contributed by atoms with van der Waals surface area (Å²) in [6.07, 6.45) is 3.84. The molecule has 8 aromatic carbocycles. The molecule has 0 spiro atoms. The summed E-state index contributed by atoms with van der Waals surface area (Å²) in [4.78, 5) is 32.8. The molecule has 0 aliphatic rings. The maximum absolute atomic E-state index is 13.0. The molecule has 0 heterocycles. The molecule has 0 N–H and O–H groups in total. The van der Waals surface area contributed by atoms with E-state index in [1.54, 1.807) is 70.6 Å². The average molecular weight is 1130 g/mol. The van der Waals surface area contributed by atoms with Crippen molar-refractivity contribution in [3.05, 3.63) is 273 Å². The van der Waals surface area contributed by atoms with Crippen molar-refractivity contribution in [2.75, 3.05) is 6.61 Å². The van der Waals surface area contributed by atoms with E-state index in [2.05, 4.69) is 173 Å². The van der Waals surface area contributed by atoms with Gasteiger partial charge in [0.2, 0.25) is 0 Å². The van der Waals surface area contributed by atoms with Crippen molar-refractivity contribution in [1.82, 2.24) is 0 Å². The standard InChI is InChI=1S/C66H62O5S6/c1-5-62(67)70-54(47-65(72-56-25-13-7-14-26-56,73-57-27-15-8-16-28-57)74-58-29-17-9-18-30-58)44-39-50-37-40-51(41-38-50)64(3,4)52-42-45-53(46-43-52)69-49-55(71-63(68)6-2)48-66(75-59-31-19-10-20-32-59,76-60-33-21-11-22-34-60)77-61-35-23-12-24-36-61/h5-38,40-43,45-46,54-55H,1-2,39,44,47-49H2,3-4H3. The first-order chi connectivity index (χ1) is 37.5. The van der Waals surface area contributed by atoms with Crippen LogP contribution in [0.2, 0.25) is 0 Å². The number of benzene rings is 8. The zero-order valence-corrected chi connectivity index (χ0v) is 48.1. The van der Waals surface area contributed by atoms with Crippen LogP contribution in [0.5, 0.6) is 5.75 Å². The second-order valence-electron chi connectivity index (χ2n) is 18.5. The lowest BCUT2D eigenvalue weighted by molar-refractivity contribution is -0.145. The molecule has 0 bridgehead atoms. The third-order valence-corrected chi connectivity index (χ3v) is 21.3. The molecule has 0 aliphatic carbocycles. The molecule has 0 aliphatic heterocycles. The fourth-order valence-corrected chi connectivity index (χ4v) is 18.4. The van der Waals surface area contributed by atoms with Gasteiger partial charge in [0.1, 0.15) is 31.4 Å². The molecule has 2 atom stereocenters. The Kier molecular flexibility index (Phi) is 21.3. The van der Waals surface area contributed by atoms with Gasteiger partial charge in [-0.25, -0.2) is 9.59 Å². The number of thioether (sulfide) groups is 6. The summed E-state index contributed by atoms with van der Waals surface area (Å²) in [6, 6.07) is 79.4. The molecule has 0 amide bonds. The molecule has 8 rings (SSSR count). The lowest BCUT2D eigenvalue weighted by Crippen LogP contribution is -2.32. The Hall–Kier alpha value is -5.92. The molecule has 5 nitrogen and oxygen atoms in total. The van der Waals surface area contributed by atoms with Gasteiger partial charge in [0.05, 0.1) is 0 Å². The van der Waals surface area contributed by atoms with Crippen molar-refractivity contribution in [3.8, 4) is 5.75 Å². The smallest absolute Gasteiger partial charge is 0.330 e. The Labute approximate surface area is 480 Å².